The molecule has 2 aliphatic rings. The molecule has 0 fully saturated rings. The number of hydrogen-bond acceptors (Lipinski definition) is 1. The van der Waals surface area contributed by atoms with Crippen molar-refractivity contribution in [2.24, 2.45) is 0 Å². The fourth-order valence-corrected chi connectivity index (χ4v) is 10.8. The summed E-state index contributed by atoms with van der Waals surface area (Å²) in [5.41, 5.74) is 21.3. The van der Waals surface area contributed by atoms with Crippen LogP contribution in [0.1, 0.15) is 49.9 Å². The standard InChI is InChI=1S/C62H47N/c1-61(2)56-36-47(40-13-6-5-7-14-40)27-31-52(56)54-33-29-49(38-58(54)61)63(60-20-12-18-44-16-10-11-19-51(44)60)50-30-34-55-53-32-28-48(37-57(53)62(3,4)59(55)39-50)43-23-21-42(22-24-43)46-26-25-41-15-8-9-17-45(41)35-46/h5-39H,1-4H3. The maximum absolute atomic E-state index is 2.50. The van der Waals surface area contributed by atoms with Crippen molar-refractivity contribution in [3.8, 4) is 55.6 Å². The Morgan fingerprint density at radius 1 is 0.286 bits per heavy atom. The second kappa shape index (κ2) is 14.0. The number of nitrogens with zero attached hydrogens (tertiary/aromatic N) is 1. The molecule has 300 valence electrons. The minimum atomic E-state index is -0.204. The first-order chi connectivity index (χ1) is 30.7. The van der Waals surface area contributed by atoms with Crippen molar-refractivity contribution in [1.29, 1.82) is 0 Å². The van der Waals surface area contributed by atoms with E-state index in [0.717, 1.165) is 11.4 Å². The van der Waals surface area contributed by atoms with Gasteiger partial charge < -0.3 is 4.90 Å². The van der Waals surface area contributed by atoms with E-state index in [0.29, 0.717) is 0 Å². The lowest BCUT2D eigenvalue weighted by Gasteiger charge is -2.30. The van der Waals surface area contributed by atoms with Gasteiger partial charge in [-0.2, -0.15) is 0 Å². The third-order valence-corrected chi connectivity index (χ3v) is 14.3. The van der Waals surface area contributed by atoms with Crippen molar-refractivity contribution in [1.82, 2.24) is 0 Å². The van der Waals surface area contributed by atoms with E-state index in [-0.39, 0.29) is 10.8 Å². The van der Waals surface area contributed by atoms with Crippen LogP contribution in [0.15, 0.2) is 212 Å². The minimum Gasteiger partial charge on any atom is -0.310 e. The SMILES string of the molecule is CC1(C)c2cc(-c3ccccc3)ccc2-c2ccc(N(c3ccc4c(c3)C(C)(C)c3cc(-c5ccc(-c6ccc7ccccc7c6)cc5)ccc3-4)c3cccc4ccccc34)cc21. The molecule has 0 N–H and O–H groups in total. The molecule has 0 saturated carbocycles. The lowest BCUT2D eigenvalue weighted by atomic mass is 9.81. The first-order valence-electron chi connectivity index (χ1n) is 22.2. The largest absolute Gasteiger partial charge is 0.310 e. The molecule has 0 aliphatic heterocycles. The number of rotatable bonds is 6. The van der Waals surface area contributed by atoms with Gasteiger partial charge in [-0.25, -0.2) is 0 Å². The molecule has 0 amide bonds. The predicted octanol–water partition coefficient (Wildman–Crippen LogP) is 17.1. The van der Waals surface area contributed by atoms with Gasteiger partial charge >= 0.3 is 0 Å². The monoisotopic (exact) mass is 805 g/mol. The predicted molar refractivity (Wildman–Crippen MR) is 268 cm³/mol. The molecule has 0 atom stereocenters. The summed E-state index contributed by atoms with van der Waals surface area (Å²) in [6, 6.07) is 79.1. The summed E-state index contributed by atoms with van der Waals surface area (Å²) in [5.74, 6) is 0. The zero-order valence-electron chi connectivity index (χ0n) is 36.2. The summed E-state index contributed by atoms with van der Waals surface area (Å²) in [7, 11) is 0. The molecule has 1 heteroatoms. The molecular formula is C62H47N. The third kappa shape index (κ3) is 5.91. The van der Waals surface area contributed by atoms with Crippen LogP contribution in [0.2, 0.25) is 0 Å². The van der Waals surface area contributed by atoms with Crippen molar-refractivity contribution >= 4 is 38.6 Å². The fourth-order valence-electron chi connectivity index (χ4n) is 10.8. The summed E-state index contributed by atoms with van der Waals surface area (Å²) in [6.45, 7) is 9.58. The molecule has 2 aliphatic carbocycles. The van der Waals surface area contributed by atoms with Crippen LogP contribution in [0, 0.1) is 0 Å². The van der Waals surface area contributed by atoms with E-state index in [1.165, 1.54) is 105 Å². The average molecular weight is 806 g/mol. The molecule has 1 nitrogen and oxygen atoms in total. The molecule has 0 bridgehead atoms. The Morgan fingerprint density at radius 3 is 1.29 bits per heavy atom. The maximum Gasteiger partial charge on any atom is 0.0540 e. The van der Waals surface area contributed by atoms with Crippen LogP contribution in [0.3, 0.4) is 0 Å². The third-order valence-electron chi connectivity index (χ3n) is 14.3. The van der Waals surface area contributed by atoms with Crippen LogP contribution in [-0.4, -0.2) is 0 Å². The summed E-state index contributed by atoms with van der Waals surface area (Å²) >= 11 is 0. The minimum absolute atomic E-state index is 0.175. The molecule has 63 heavy (non-hydrogen) atoms. The first kappa shape index (κ1) is 37.3. The van der Waals surface area contributed by atoms with Gasteiger partial charge in [-0.05, 0) is 143 Å². The molecule has 0 unspecified atom stereocenters. The average Bonchev–Trinajstić information content (AvgIpc) is 3.70. The fraction of sp³-hybridized carbons (Fsp3) is 0.0968. The van der Waals surface area contributed by atoms with Crippen molar-refractivity contribution < 1.29 is 0 Å². The first-order valence-corrected chi connectivity index (χ1v) is 22.2. The number of anilines is 3. The van der Waals surface area contributed by atoms with E-state index in [9.17, 15) is 0 Å². The molecule has 0 aromatic heterocycles. The van der Waals surface area contributed by atoms with E-state index in [2.05, 4.69) is 245 Å². The highest BCUT2D eigenvalue weighted by Gasteiger charge is 2.38. The van der Waals surface area contributed by atoms with Crippen LogP contribution in [0.4, 0.5) is 17.1 Å². The molecule has 10 aromatic rings. The van der Waals surface area contributed by atoms with E-state index in [4.69, 9.17) is 0 Å². The van der Waals surface area contributed by atoms with E-state index < -0.39 is 0 Å². The van der Waals surface area contributed by atoms with Gasteiger partial charge in [0.2, 0.25) is 0 Å². The van der Waals surface area contributed by atoms with Crippen LogP contribution in [0.5, 0.6) is 0 Å². The summed E-state index contributed by atoms with van der Waals surface area (Å²) in [5, 5.41) is 5.00. The van der Waals surface area contributed by atoms with Gasteiger partial charge in [0.25, 0.3) is 0 Å². The van der Waals surface area contributed by atoms with E-state index in [1.54, 1.807) is 0 Å². The second-order valence-corrected chi connectivity index (χ2v) is 18.6. The Balaban J connectivity index is 0.931. The van der Waals surface area contributed by atoms with Crippen molar-refractivity contribution in [3.63, 3.8) is 0 Å². The zero-order chi connectivity index (χ0) is 42.5. The highest BCUT2D eigenvalue weighted by Crippen LogP contribution is 2.54. The number of hydrogen-bond donors (Lipinski definition) is 0. The Kier molecular flexibility index (Phi) is 8.30. The van der Waals surface area contributed by atoms with Crippen LogP contribution in [0.25, 0.3) is 77.2 Å². The van der Waals surface area contributed by atoms with Gasteiger partial charge in [0.15, 0.2) is 0 Å². The highest BCUT2D eigenvalue weighted by molar-refractivity contribution is 6.00. The van der Waals surface area contributed by atoms with Crippen molar-refractivity contribution in [2.45, 2.75) is 38.5 Å². The molecule has 10 aromatic carbocycles. The van der Waals surface area contributed by atoms with Gasteiger partial charge in [0, 0.05) is 27.6 Å². The molecule has 0 radical (unpaired) electrons. The highest BCUT2D eigenvalue weighted by atomic mass is 15.1. The lowest BCUT2D eigenvalue weighted by Crippen LogP contribution is -2.18. The molecule has 0 heterocycles. The van der Waals surface area contributed by atoms with Gasteiger partial charge in [-0.3, -0.25) is 0 Å². The van der Waals surface area contributed by atoms with Crippen molar-refractivity contribution in [2.75, 3.05) is 4.90 Å². The molecule has 12 rings (SSSR count). The van der Waals surface area contributed by atoms with E-state index >= 15 is 0 Å². The van der Waals surface area contributed by atoms with Crippen LogP contribution in [-0.2, 0) is 10.8 Å². The Bertz CT molecular complexity index is 3440. The van der Waals surface area contributed by atoms with Crippen LogP contribution >= 0.6 is 0 Å². The summed E-state index contributed by atoms with van der Waals surface area (Å²) < 4.78 is 0. The topological polar surface area (TPSA) is 3.24 Å². The summed E-state index contributed by atoms with van der Waals surface area (Å²) in [4.78, 5) is 2.50. The molecular weight excluding hydrogens is 759 g/mol. The maximum atomic E-state index is 2.50. The van der Waals surface area contributed by atoms with Gasteiger partial charge in [0.1, 0.15) is 0 Å². The van der Waals surface area contributed by atoms with Gasteiger partial charge in [-0.15, -0.1) is 0 Å². The normalized spacial score (nSPS) is 14.0. The van der Waals surface area contributed by atoms with E-state index in [1.807, 2.05) is 0 Å². The molecule has 0 spiro atoms. The molecule has 0 saturated heterocycles. The van der Waals surface area contributed by atoms with Gasteiger partial charge in [0.05, 0.1) is 5.69 Å². The number of fused-ring (bicyclic) bond motifs is 8. The quantitative estimate of drug-likeness (QED) is 0.162. The Hall–Kier alpha value is -7.48. The Labute approximate surface area is 370 Å². The summed E-state index contributed by atoms with van der Waals surface area (Å²) in [6.07, 6.45) is 0. The zero-order valence-corrected chi connectivity index (χ0v) is 36.2. The Morgan fingerprint density at radius 2 is 0.698 bits per heavy atom. The second-order valence-electron chi connectivity index (χ2n) is 18.6. The lowest BCUT2D eigenvalue weighted by molar-refractivity contribution is 0.660. The van der Waals surface area contributed by atoms with Gasteiger partial charge in [-0.1, -0.05) is 191 Å². The van der Waals surface area contributed by atoms with Crippen molar-refractivity contribution in [3.05, 3.63) is 235 Å². The number of benzene rings is 10. The smallest absolute Gasteiger partial charge is 0.0540 e. The van der Waals surface area contributed by atoms with Crippen LogP contribution < -0.4 is 4.90 Å².